The molecule has 0 atom stereocenters. The van der Waals surface area contributed by atoms with Crippen LogP contribution >= 0.6 is 11.3 Å². The van der Waals surface area contributed by atoms with Crippen molar-refractivity contribution < 1.29 is 0 Å². The van der Waals surface area contributed by atoms with Gasteiger partial charge in [-0.05, 0) is 71.4 Å². The lowest BCUT2D eigenvalue weighted by Crippen LogP contribution is -1.94. The number of benzene rings is 6. The summed E-state index contributed by atoms with van der Waals surface area (Å²) in [5, 5.41) is 7.64. The maximum absolute atomic E-state index is 4.50. The fourth-order valence-corrected chi connectivity index (χ4v) is 7.08. The lowest BCUT2D eigenvalue weighted by atomic mass is 10.0. The van der Waals surface area contributed by atoms with Crippen LogP contribution < -0.4 is 0 Å². The van der Waals surface area contributed by atoms with E-state index in [2.05, 4.69) is 135 Å². The molecule has 0 amide bonds. The first-order chi connectivity index (χ1) is 19.3. The summed E-state index contributed by atoms with van der Waals surface area (Å²) in [7, 11) is 0. The summed E-state index contributed by atoms with van der Waals surface area (Å²) in [6, 6.07) is 44.1. The van der Waals surface area contributed by atoms with Crippen molar-refractivity contribution in [3.8, 4) is 11.4 Å². The van der Waals surface area contributed by atoms with E-state index in [1.807, 2.05) is 5.51 Å². The molecule has 4 heteroatoms. The molecule has 0 unspecified atom stereocenters. The third kappa shape index (κ3) is 2.89. The highest BCUT2D eigenvalue weighted by molar-refractivity contribution is 7.16. The van der Waals surface area contributed by atoms with E-state index in [1.54, 1.807) is 11.3 Å². The molecule has 39 heavy (non-hydrogen) atoms. The quantitative estimate of drug-likeness (QED) is 0.225. The number of nitrogens with zero attached hydrogens (tertiary/aromatic N) is 3. The molecule has 0 fully saturated rings. The zero-order valence-corrected chi connectivity index (χ0v) is 21.7. The van der Waals surface area contributed by atoms with Crippen molar-refractivity contribution in [3.63, 3.8) is 0 Å². The lowest BCUT2D eigenvalue weighted by Gasteiger charge is -2.09. The molecule has 9 rings (SSSR count). The van der Waals surface area contributed by atoms with E-state index in [0.717, 1.165) is 11.2 Å². The Labute approximate surface area is 227 Å². The Balaban J connectivity index is 1.51. The van der Waals surface area contributed by atoms with Gasteiger partial charge in [0.1, 0.15) is 0 Å². The summed E-state index contributed by atoms with van der Waals surface area (Å²) in [6.07, 6.45) is 0. The predicted molar refractivity (Wildman–Crippen MR) is 166 cm³/mol. The summed E-state index contributed by atoms with van der Waals surface area (Å²) in [5.41, 5.74) is 10.2. The van der Waals surface area contributed by atoms with Crippen molar-refractivity contribution in [2.75, 3.05) is 0 Å². The van der Waals surface area contributed by atoms with Crippen molar-refractivity contribution in [1.82, 2.24) is 14.1 Å². The van der Waals surface area contributed by atoms with Gasteiger partial charge in [0.15, 0.2) is 0 Å². The van der Waals surface area contributed by atoms with Crippen LogP contribution in [0, 0.1) is 0 Å². The molecule has 0 aliphatic heterocycles. The Morgan fingerprint density at radius 1 is 0.487 bits per heavy atom. The van der Waals surface area contributed by atoms with Gasteiger partial charge in [0.05, 0.1) is 37.8 Å². The molecule has 0 radical (unpaired) electrons. The summed E-state index contributed by atoms with van der Waals surface area (Å²) in [4.78, 5) is 4.50. The van der Waals surface area contributed by atoms with E-state index in [1.165, 1.54) is 64.8 Å². The number of rotatable bonds is 2. The van der Waals surface area contributed by atoms with Crippen LogP contribution in [0.25, 0.3) is 76.0 Å². The number of thiazole rings is 1. The van der Waals surface area contributed by atoms with Crippen molar-refractivity contribution >= 4 is 75.9 Å². The molecule has 0 aliphatic rings. The van der Waals surface area contributed by atoms with Crippen LogP contribution in [0.4, 0.5) is 0 Å². The van der Waals surface area contributed by atoms with Gasteiger partial charge in [-0.2, -0.15) is 0 Å². The van der Waals surface area contributed by atoms with Crippen LogP contribution in [0.15, 0.2) is 127 Å². The standard InChI is InChI=1S/C35H21N3S/c1-2-10-24(11-3-1)37-31-17-16-30-34(35(31)27-18-22-8-4-5-9-23(22)19-32(27)37)26-12-6-7-13-29(26)38(30)25-14-15-28-33(20-25)39-21-36-28/h1-21H. The number of fused-ring (bicyclic) bond motifs is 9. The fourth-order valence-electron chi connectivity index (χ4n) is 6.37. The van der Waals surface area contributed by atoms with Gasteiger partial charge in [-0.15, -0.1) is 11.3 Å². The van der Waals surface area contributed by atoms with Gasteiger partial charge >= 0.3 is 0 Å². The van der Waals surface area contributed by atoms with Crippen LogP contribution in [0.5, 0.6) is 0 Å². The SMILES string of the molecule is c1ccc(-n2c3cc4ccccc4cc3c3c4c5ccccc5n(-c5ccc6ncsc6c5)c4ccc32)cc1. The minimum Gasteiger partial charge on any atom is -0.309 e. The highest BCUT2D eigenvalue weighted by Crippen LogP contribution is 2.43. The van der Waals surface area contributed by atoms with Crippen molar-refractivity contribution in [3.05, 3.63) is 127 Å². The first kappa shape index (κ1) is 21.1. The highest BCUT2D eigenvalue weighted by Gasteiger charge is 2.21. The maximum atomic E-state index is 4.50. The Kier molecular flexibility index (Phi) is 4.21. The van der Waals surface area contributed by atoms with E-state index in [0.29, 0.717) is 0 Å². The molecule has 0 saturated heterocycles. The highest BCUT2D eigenvalue weighted by atomic mass is 32.1. The Morgan fingerprint density at radius 3 is 2.03 bits per heavy atom. The van der Waals surface area contributed by atoms with Gasteiger partial charge in [-0.1, -0.05) is 60.7 Å². The smallest absolute Gasteiger partial charge is 0.0813 e. The van der Waals surface area contributed by atoms with Gasteiger partial charge in [0.25, 0.3) is 0 Å². The first-order valence-corrected chi connectivity index (χ1v) is 14.0. The number of aromatic nitrogens is 3. The molecule has 0 spiro atoms. The van der Waals surface area contributed by atoms with Gasteiger partial charge < -0.3 is 9.13 Å². The summed E-state index contributed by atoms with van der Waals surface area (Å²) >= 11 is 1.69. The minimum absolute atomic E-state index is 1.05. The number of para-hydroxylation sites is 2. The molecule has 0 saturated carbocycles. The minimum atomic E-state index is 1.05. The topological polar surface area (TPSA) is 22.8 Å². The zero-order valence-electron chi connectivity index (χ0n) is 20.9. The second-order valence-corrected chi connectivity index (χ2v) is 11.0. The van der Waals surface area contributed by atoms with Gasteiger partial charge in [0.2, 0.25) is 0 Å². The summed E-state index contributed by atoms with van der Waals surface area (Å²) in [6.45, 7) is 0. The number of hydrogen-bond acceptors (Lipinski definition) is 2. The average Bonchev–Trinajstić information content (AvgIpc) is 3.68. The van der Waals surface area contributed by atoms with Crippen LogP contribution in [-0.4, -0.2) is 14.1 Å². The van der Waals surface area contributed by atoms with Gasteiger partial charge in [0, 0.05) is 32.9 Å². The molecule has 182 valence electrons. The average molecular weight is 516 g/mol. The predicted octanol–water partition coefficient (Wildman–Crippen LogP) is 9.64. The van der Waals surface area contributed by atoms with Crippen molar-refractivity contribution in [1.29, 1.82) is 0 Å². The van der Waals surface area contributed by atoms with Crippen LogP contribution in [0.1, 0.15) is 0 Å². The fraction of sp³-hybridized carbons (Fsp3) is 0. The van der Waals surface area contributed by atoms with Crippen LogP contribution in [-0.2, 0) is 0 Å². The molecule has 3 heterocycles. The molecular formula is C35H21N3S. The summed E-state index contributed by atoms with van der Waals surface area (Å²) in [5.74, 6) is 0. The second kappa shape index (κ2) is 7.79. The molecular weight excluding hydrogens is 494 g/mol. The Hall–Kier alpha value is -4.93. The summed E-state index contributed by atoms with van der Waals surface area (Å²) < 4.78 is 6.04. The molecule has 9 aromatic rings. The monoisotopic (exact) mass is 515 g/mol. The van der Waals surface area contributed by atoms with E-state index in [4.69, 9.17) is 0 Å². The van der Waals surface area contributed by atoms with Crippen LogP contribution in [0.3, 0.4) is 0 Å². The molecule has 0 bridgehead atoms. The Morgan fingerprint density at radius 2 is 1.18 bits per heavy atom. The number of hydrogen-bond donors (Lipinski definition) is 0. The third-order valence-electron chi connectivity index (χ3n) is 8.02. The molecule has 6 aromatic carbocycles. The molecule has 0 aliphatic carbocycles. The second-order valence-electron chi connectivity index (χ2n) is 10.1. The lowest BCUT2D eigenvalue weighted by molar-refractivity contribution is 1.17. The van der Waals surface area contributed by atoms with E-state index >= 15 is 0 Å². The van der Waals surface area contributed by atoms with Gasteiger partial charge in [-0.3, -0.25) is 0 Å². The van der Waals surface area contributed by atoms with E-state index in [9.17, 15) is 0 Å². The van der Waals surface area contributed by atoms with E-state index < -0.39 is 0 Å². The maximum Gasteiger partial charge on any atom is 0.0813 e. The van der Waals surface area contributed by atoms with E-state index in [-0.39, 0.29) is 0 Å². The van der Waals surface area contributed by atoms with Gasteiger partial charge in [-0.25, -0.2) is 4.98 Å². The van der Waals surface area contributed by atoms with Crippen molar-refractivity contribution in [2.45, 2.75) is 0 Å². The Bertz CT molecular complexity index is 2390. The van der Waals surface area contributed by atoms with Crippen LogP contribution in [0.2, 0.25) is 0 Å². The molecule has 3 nitrogen and oxygen atoms in total. The normalized spacial score (nSPS) is 12.1. The first-order valence-electron chi connectivity index (χ1n) is 13.1. The van der Waals surface area contributed by atoms with Crippen molar-refractivity contribution in [2.24, 2.45) is 0 Å². The largest absolute Gasteiger partial charge is 0.309 e. The molecule has 0 N–H and O–H groups in total. The molecule has 3 aromatic heterocycles. The zero-order chi connectivity index (χ0) is 25.5. The third-order valence-corrected chi connectivity index (χ3v) is 8.81.